The lowest BCUT2D eigenvalue weighted by atomic mass is 10.1. The molecule has 5 heteroatoms. The van der Waals surface area contributed by atoms with Crippen LogP contribution in [0.1, 0.15) is 17.5 Å². The van der Waals surface area contributed by atoms with Gasteiger partial charge in [-0.1, -0.05) is 41.4 Å². The van der Waals surface area contributed by atoms with Gasteiger partial charge in [0.1, 0.15) is 6.61 Å². The van der Waals surface area contributed by atoms with Crippen molar-refractivity contribution in [3.8, 4) is 0 Å². The van der Waals surface area contributed by atoms with Crippen molar-refractivity contribution in [3.05, 3.63) is 64.7 Å². The molecule has 0 aromatic heterocycles. The molecule has 1 aliphatic rings. The van der Waals surface area contributed by atoms with Crippen LogP contribution in [-0.4, -0.2) is 18.4 Å². The van der Waals surface area contributed by atoms with Crippen LogP contribution in [0.2, 0.25) is 5.02 Å². The quantitative estimate of drug-likeness (QED) is 0.794. The number of hydrogen-bond acceptors (Lipinski definition) is 3. The molecule has 3 rings (SSSR count). The first-order chi connectivity index (χ1) is 11.5. The van der Waals surface area contributed by atoms with Crippen molar-refractivity contribution in [1.29, 1.82) is 0 Å². The van der Waals surface area contributed by atoms with Gasteiger partial charge in [-0.15, -0.1) is 0 Å². The average Bonchev–Trinajstić information content (AvgIpc) is 2.97. The molecule has 0 saturated carbocycles. The van der Waals surface area contributed by atoms with E-state index in [-0.39, 0.29) is 24.9 Å². The molecule has 0 spiro atoms. The number of carbonyl (C=O) groups is 2. The Labute approximate surface area is 146 Å². The van der Waals surface area contributed by atoms with E-state index in [0.29, 0.717) is 11.6 Å². The average molecular weight is 344 g/mol. The minimum absolute atomic E-state index is 0.0488. The highest BCUT2D eigenvalue weighted by atomic mass is 35.5. The summed E-state index contributed by atoms with van der Waals surface area (Å²) in [7, 11) is 0. The maximum absolute atomic E-state index is 12.2. The Hall–Kier alpha value is -2.33. The Morgan fingerprint density at radius 1 is 1.17 bits per heavy atom. The summed E-state index contributed by atoms with van der Waals surface area (Å²) in [5, 5.41) is 0.639. The number of esters is 1. The molecule has 1 amide bonds. The zero-order chi connectivity index (χ0) is 17.1. The molecule has 4 nitrogen and oxygen atoms in total. The number of benzene rings is 2. The highest BCUT2D eigenvalue weighted by Gasteiger charge is 2.36. The maximum atomic E-state index is 12.2. The van der Waals surface area contributed by atoms with Crippen LogP contribution in [-0.2, 0) is 20.9 Å². The Balaban J connectivity index is 1.59. The van der Waals surface area contributed by atoms with Crippen LogP contribution in [0.15, 0.2) is 48.5 Å². The predicted molar refractivity (Wildman–Crippen MR) is 92.9 cm³/mol. The second-order valence-corrected chi connectivity index (χ2v) is 6.41. The van der Waals surface area contributed by atoms with Gasteiger partial charge in [-0.05, 0) is 36.8 Å². The van der Waals surface area contributed by atoms with E-state index in [2.05, 4.69) is 0 Å². The molecule has 1 saturated heterocycles. The predicted octanol–water partition coefficient (Wildman–Crippen LogP) is 3.74. The van der Waals surface area contributed by atoms with Crippen LogP contribution in [0.25, 0.3) is 0 Å². The number of anilines is 1. The molecule has 0 aliphatic carbocycles. The number of ether oxygens (including phenoxy) is 1. The minimum Gasteiger partial charge on any atom is -0.461 e. The number of halogens is 1. The van der Waals surface area contributed by atoms with Crippen molar-refractivity contribution >= 4 is 29.2 Å². The lowest BCUT2D eigenvalue weighted by Crippen LogP contribution is -2.26. The van der Waals surface area contributed by atoms with Crippen LogP contribution < -0.4 is 4.90 Å². The number of amides is 1. The Bertz CT molecular complexity index is 740. The summed E-state index contributed by atoms with van der Waals surface area (Å²) < 4.78 is 5.34. The molecule has 2 aromatic rings. The fraction of sp³-hybridized carbons (Fsp3) is 0.263. The Kier molecular flexibility index (Phi) is 4.86. The zero-order valence-corrected chi connectivity index (χ0v) is 14.1. The molecule has 1 fully saturated rings. The van der Waals surface area contributed by atoms with Crippen molar-refractivity contribution in [2.45, 2.75) is 20.0 Å². The lowest BCUT2D eigenvalue weighted by molar-refractivity contribution is -0.149. The van der Waals surface area contributed by atoms with Crippen LogP contribution in [0.4, 0.5) is 5.69 Å². The van der Waals surface area contributed by atoms with Crippen molar-refractivity contribution in [1.82, 2.24) is 0 Å². The topological polar surface area (TPSA) is 46.6 Å². The van der Waals surface area contributed by atoms with Gasteiger partial charge < -0.3 is 9.64 Å². The van der Waals surface area contributed by atoms with E-state index in [4.69, 9.17) is 16.3 Å². The van der Waals surface area contributed by atoms with Gasteiger partial charge in [0.25, 0.3) is 0 Å². The van der Waals surface area contributed by atoms with Gasteiger partial charge in [-0.3, -0.25) is 9.59 Å². The largest absolute Gasteiger partial charge is 0.461 e. The molecule has 1 heterocycles. The summed E-state index contributed by atoms with van der Waals surface area (Å²) in [5.74, 6) is -0.814. The molecule has 0 radical (unpaired) electrons. The molecule has 1 aliphatic heterocycles. The summed E-state index contributed by atoms with van der Waals surface area (Å²) in [6.07, 6.45) is 0.188. The van der Waals surface area contributed by atoms with Gasteiger partial charge >= 0.3 is 5.97 Å². The second-order valence-electron chi connectivity index (χ2n) is 5.98. The monoisotopic (exact) mass is 343 g/mol. The first kappa shape index (κ1) is 16.5. The van der Waals surface area contributed by atoms with Gasteiger partial charge in [0.15, 0.2) is 0 Å². The number of nitrogens with zero attached hydrogens (tertiary/aromatic N) is 1. The molecular weight excluding hydrogens is 326 g/mol. The number of hydrogen-bond donors (Lipinski definition) is 0. The standard InChI is InChI=1S/C19H18ClNO3/c1-13-2-8-17(9-3-13)21-11-15(10-18(21)22)19(23)24-12-14-4-6-16(20)7-5-14/h2-9,15H,10-12H2,1H3. The van der Waals surface area contributed by atoms with Crippen LogP contribution in [0, 0.1) is 12.8 Å². The van der Waals surface area contributed by atoms with Crippen molar-refractivity contribution < 1.29 is 14.3 Å². The Morgan fingerprint density at radius 2 is 1.83 bits per heavy atom. The fourth-order valence-corrected chi connectivity index (χ4v) is 2.82. The summed E-state index contributed by atoms with van der Waals surface area (Å²) >= 11 is 5.83. The number of aryl methyl sites for hydroxylation is 1. The van der Waals surface area contributed by atoms with Gasteiger partial charge in [0.2, 0.25) is 5.91 Å². The molecule has 0 bridgehead atoms. The smallest absolute Gasteiger partial charge is 0.311 e. The van der Waals surface area contributed by atoms with Crippen LogP contribution >= 0.6 is 11.6 Å². The number of rotatable bonds is 4. The van der Waals surface area contributed by atoms with E-state index in [0.717, 1.165) is 16.8 Å². The van der Waals surface area contributed by atoms with E-state index in [1.165, 1.54) is 0 Å². The Morgan fingerprint density at radius 3 is 2.50 bits per heavy atom. The van der Waals surface area contributed by atoms with Crippen molar-refractivity contribution in [2.75, 3.05) is 11.4 Å². The highest BCUT2D eigenvalue weighted by molar-refractivity contribution is 6.30. The van der Waals surface area contributed by atoms with E-state index in [1.54, 1.807) is 17.0 Å². The summed E-state index contributed by atoms with van der Waals surface area (Å²) in [6, 6.07) is 14.8. The molecule has 24 heavy (non-hydrogen) atoms. The summed E-state index contributed by atoms with van der Waals surface area (Å²) in [4.78, 5) is 26.1. The fourth-order valence-electron chi connectivity index (χ4n) is 2.69. The molecule has 1 unspecified atom stereocenters. The third kappa shape index (κ3) is 3.77. The summed E-state index contributed by atoms with van der Waals surface area (Å²) in [5.41, 5.74) is 2.82. The van der Waals surface area contributed by atoms with E-state index in [1.807, 2.05) is 43.3 Å². The molecule has 124 valence electrons. The number of carbonyl (C=O) groups excluding carboxylic acids is 2. The van der Waals surface area contributed by atoms with Crippen molar-refractivity contribution in [3.63, 3.8) is 0 Å². The van der Waals surface area contributed by atoms with Gasteiger partial charge in [-0.2, -0.15) is 0 Å². The maximum Gasteiger partial charge on any atom is 0.311 e. The third-order valence-electron chi connectivity index (χ3n) is 4.10. The lowest BCUT2D eigenvalue weighted by Gasteiger charge is -2.16. The van der Waals surface area contributed by atoms with Gasteiger partial charge in [0, 0.05) is 23.7 Å². The first-order valence-electron chi connectivity index (χ1n) is 7.81. The second kappa shape index (κ2) is 7.05. The first-order valence-corrected chi connectivity index (χ1v) is 8.19. The third-order valence-corrected chi connectivity index (χ3v) is 4.35. The minimum atomic E-state index is -0.425. The summed E-state index contributed by atoms with van der Waals surface area (Å²) in [6.45, 7) is 2.54. The van der Waals surface area contributed by atoms with E-state index < -0.39 is 5.92 Å². The molecular formula is C19H18ClNO3. The molecule has 2 aromatic carbocycles. The van der Waals surface area contributed by atoms with Crippen LogP contribution in [0.3, 0.4) is 0 Å². The SMILES string of the molecule is Cc1ccc(N2CC(C(=O)OCc3ccc(Cl)cc3)CC2=O)cc1. The highest BCUT2D eigenvalue weighted by Crippen LogP contribution is 2.26. The van der Waals surface area contributed by atoms with Crippen LogP contribution in [0.5, 0.6) is 0 Å². The van der Waals surface area contributed by atoms with E-state index in [9.17, 15) is 9.59 Å². The van der Waals surface area contributed by atoms with Gasteiger partial charge in [0.05, 0.1) is 5.92 Å². The van der Waals surface area contributed by atoms with Gasteiger partial charge in [-0.25, -0.2) is 0 Å². The van der Waals surface area contributed by atoms with Crippen molar-refractivity contribution in [2.24, 2.45) is 5.92 Å². The zero-order valence-electron chi connectivity index (χ0n) is 13.4. The molecule has 1 atom stereocenters. The normalized spacial score (nSPS) is 17.2. The molecule has 0 N–H and O–H groups in total. The van der Waals surface area contributed by atoms with E-state index >= 15 is 0 Å².